The molecule has 0 radical (unpaired) electrons. The number of carbonyl (C=O) groups excluding carboxylic acids is 1. The van der Waals surface area contributed by atoms with E-state index in [0.29, 0.717) is 0 Å². The molecule has 20 heavy (non-hydrogen) atoms. The molecule has 1 N–H and O–H groups in total. The standard InChI is InChI=1S/C11H6ClFN4O3/c12-11-14-4-3-9(16-11)15-10(18)6-1-2-8(17(19)20)7(13)5-6/h1-5H,(H,14,15,16,18). The Bertz CT molecular complexity index is 695. The first kappa shape index (κ1) is 13.8. The Morgan fingerprint density at radius 2 is 2.15 bits per heavy atom. The van der Waals surface area contributed by atoms with Gasteiger partial charge in [0.05, 0.1) is 4.92 Å². The van der Waals surface area contributed by atoms with Crippen LogP contribution in [0.25, 0.3) is 0 Å². The van der Waals surface area contributed by atoms with E-state index in [0.717, 1.165) is 18.2 Å². The number of hydrogen-bond donors (Lipinski definition) is 1. The van der Waals surface area contributed by atoms with Gasteiger partial charge in [-0.3, -0.25) is 14.9 Å². The number of rotatable bonds is 3. The Labute approximate surface area is 116 Å². The molecule has 0 saturated heterocycles. The smallest absolute Gasteiger partial charge is 0.304 e. The van der Waals surface area contributed by atoms with Crippen LogP contribution >= 0.6 is 11.6 Å². The van der Waals surface area contributed by atoms with Crippen molar-refractivity contribution in [3.63, 3.8) is 0 Å². The Balaban J connectivity index is 2.22. The third-order valence-corrected chi connectivity index (χ3v) is 2.46. The molecular weight excluding hydrogens is 291 g/mol. The molecule has 0 unspecified atom stereocenters. The molecule has 7 nitrogen and oxygen atoms in total. The van der Waals surface area contributed by atoms with Crippen molar-refractivity contribution in [2.24, 2.45) is 0 Å². The van der Waals surface area contributed by atoms with Crippen LogP contribution in [-0.4, -0.2) is 20.8 Å². The van der Waals surface area contributed by atoms with Crippen molar-refractivity contribution in [1.82, 2.24) is 9.97 Å². The van der Waals surface area contributed by atoms with Crippen molar-refractivity contribution in [2.75, 3.05) is 5.32 Å². The molecule has 0 spiro atoms. The van der Waals surface area contributed by atoms with E-state index in [4.69, 9.17) is 11.6 Å². The highest BCUT2D eigenvalue weighted by molar-refractivity contribution is 6.28. The van der Waals surface area contributed by atoms with Gasteiger partial charge in [0.15, 0.2) is 0 Å². The van der Waals surface area contributed by atoms with Crippen LogP contribution in [0.3, 0.4) is 0 Å². The second-order valence-electron chi connectivity index (χ2n) is 3.59. The lowest BCUT2D eigenvalue weighted by Crippen LogP contribution is -2.13. The number of nitro benzene ring substituents is 1. The second-order valence-corrected chi connectivity index (χ2v) is 3.93. The van der Waals surface area contributed by atoms with Crippen molar-refractivity contribution in [3.8, 4) is 0 Å². The number of amides is 1. The summed E-state index contributed by atoms with van der Waals surface area (Å²) in [7, 11) is 0. The molecule has 0 atom stereocenters. The van der Waals surface area contributed by atoms with Crippen LogP contribution in [0.4, 0.5) is 15.9 Å². The Morgan fingerprint density at radius 3 is 2.75 bits per heavy atom. The molecule has 1 aromatic heterocycles. The van der Waals surface area contributed by atoms with Crippen molar-refractivity contribution in [1.29, 1.82) is 0 Å². The molecule has 0 aliphatic heterocycles. The second kappa shape index (κ2) is 5.57. The summed E-state index contributed by atoms with van der Waals surface area (Å²) in [6.07, 6.45) is 1.33. The molecule has 0 saturated carbocycles. The van der Waals surface area contributed by atoms with E-state index >= 15 is 0 Å². The molecule has 2 aromatic rings. The lowest BCUT2D eigenvalue weighted by atomic mass is 10.2. The van der Waals surface area contributed by atoms with Gasteiger partial charge in [-0.25, -0.2) is 9.97 Å². The van der Waals surface area contributed by atoms with E-state index in [-0.39, 0.29) is 16.7 Å². The molecule has 0 bridgehead atoms. The average molecular weight is 297 g/mol. The molecule has 1 amide bonds. The molecular formula is C11H6ClFN4O3. The SMILES string of the molecule is O=C(Nc1ccnc(Cl)n1)c1ccc([N+](=O)[O-])c(F)c1. The van der Waals surface area contributed by atoms with Crippen LogP contribution in [0.2, 0.25) is 5.28 Å². The van der Waals surface area contributed by atoms with Crippen LogP contribution in [-0.2, 0) is 0 Å². The number of aromatic nitrogens is 2. The van der Waals surface area contributed by atoms with Gasteiger partial charge in [-0.15, -0.1) is 0 Å². The summed E-state index contributed by atoms with van der Waals surface area (Å²) in [4.78, 5) is 28.8. The first-order chi connectivity index (χ1) is 9.47. The van der Waals surface area contributed by atoms with Gasteiger partial charge in [0, 0.05) is 17.8 Å². The zero-order chi connectivity index (χ0) is 14.7. The number of nitro groups is 1. The number of anilines is 1. The summed E-state index contributed by atoms with van der Waals surface area (Å²) in [5.74, 6) is -1.63. The highest BCUT2D eigenvalue weighted by Gasteiger charge is 2.17. The molecule has 0 fully saturated rings. The van der Waals surface area contributed by atoms with Crippen molar-refractivity contribution in [2.45, 2.75) is 0 Å². The molecule has 1 heterocycles. The van der Waals surface area contributed by atoms with Gasteiger partial charge in [-0.1, -0.05) is 0 Å². The minimum Gasteiger partial charge on any atom is -0.306 e. The first-order valence-corrected chi connectivity index (χ1v) is 5.59. The fraction of sp³-hybridized carbons (Fsp3) is 0. The minimum absolute atomic E-state index is 0.0577. The third-order valence-electron chi connectivity index (χ3n) is 2.27. The van der Waals surface area contributed by atoms with Gasteiger partial charge in [-0.05, 0) is 29.8 Å². The van der Waals surface area contributed by atoms with Crippen LogP contribution in [0.5, 0.6) is 0 Å². The molecule has 0 aliphatic rings. The normalized spacial score (nSPS) is 10.1. The number of halogens is 2. The van der Waals surface area contributed by atoms with Gasteiger partial charge in [-0.2, -0.15) is 4.39 Å². The summed E-state index contributed by atoms with van der Waals surface area (Å²) in [5.41, 5.74) is -0.783. The van der Waals surface area contributed by atoms with Gasteiger partial charge in [0.25, 0.3) is 5.91 Å². The lowest BCUT2D eigenvalue weighted by Gasteiger charge is -2.04. The maximum atomic E-state index is 13.4. The quantitative estimate of drug-likeness (QED) is 0.533. The van der Waals surface area contributed by atoms with Gasteiger partial charge >= 0.3 is 5.69 Å². The summed E-state index contributed by atoms with van der Waals surface area (Å²) in [6.45, 7) is 0. The largest absolute Gasteiger partial charge is 0.306 e. The highest BCUT2D eigenvalue weighted by Crippen LogP contribution is 2.18. The summed E-state index contributed by atoms with van der Waals surface area (Å²) in [5, 5.41) is 12.8. The number of nitrogens with one attached hydrogen (secondary N) is 1. The van der Waals surface area contributed by atoms with Gasteiger partial charge in [0.2, 0.25) is 11.1 Å². The summed E-state index contributed by atoms with van der Waals surface area (Å²) >= 11 is 5.55. The van der Waals surface area contributed by atoms with Crippen molar-refractivity contribution in [3.05, 3.63) is 57.2 Å². The fourth-order valence-electron chi connectivity index (χ4n) is 1.39. The predicted molar refractivity (Wildman–Crippen MR) is 68.0 cm³/mol. The molecule has 9 heteroatoms. The highest BCUT2D eigenvalue weighted by atomic mass is 35.5. The van der Waals surface area contributed by atoms with Crippen LogP contribution < -0.4 is 5.32 Å². The average Bonchev–Trinajstić information content (AvgIpc) is 2.38. The maximum Gasteiger partial charge on any atom is 0.304 e. The Hall–Kier alpha value is -2.61. The number of hydrogen-bond acceptors (Lipinski definition) is 5. The van der Waals surface area contributed by atoms with E-state index < -0.39 is 22.3 Å². The van der Waals surface area contributed by atoms with E-state index in [1.54, 1.807) is 0 Å². The van der Waals surface area contributed by atoms with E-state index in [9.17, 15) is 19.3 Å². The van der Waals surface area contributed by atoms with Crippen LogP contribution in [0.1, 0.15) is 10.4 Å². The maximum absolute atomic E-state index is 13.4. The predicted octanol–water partition coefficient (Wildman–Crippen LogP) is 2.43. The zero-order valence-electron chi connectivity index (χ0n) is 9.71. The van der Waals surface area contributed by atoms with Crippen molar-refractivity contribution < 1.29 is 14.1 Å². The molecule has 102 valence electrons. The Morgan fingerprint density at radius 1 is 1.40 bits per heavy atom. The monoisotopic (exact) mass is 296 g/mol. The summed E-state index contributed by atoms with van der Waals surface area (Å²) < 4.78 is 13.4. The summed E-state index contributed by atoms with van der Waals surface area (Å²) in [6, 6.07) is 4.22. The van der Waals surface area contributed by atoms with Crippen molar-refractivity contribution >= 4 is 29.0 Å². The minimum atomic E-state index is -1.09. The first-order valence-electron chi connectivity index (χ1n) is 5.21. The van der Waals surface area contributed by atoms with Gasteiger partial charge in [0.1, 0.15) is 5.82 Å². The van der Waals surface area contributed by atoms with E-state index in [2.05, 4.69) is 15.3 Å². The van der Waals surface area contributed by atoms with Crippen LogP contribution in [0, 0.1) is 15.9 Å². The van der Waals surface area contributed by atoms with Gasteiger partial charge < -0.3 is 5.32 Å². The third kappa shape index (κ3) is 3.04. The van der Waals surface area contributed by atoms with E-state index in [1.807, 2.05) is 0 Å². The number of nitrogens with zero attached hydrogens (tertiary/aromatic N) is 3. The van der Waals surface area contributed by atoms with E-state index in [1.165, 1.54) is 12.3 Å². The number of benzene rings is 1. The number of carbonyl (C=O) groups is 1. The van der Waals surface area contributed by atoms with Crippen LogP contribution in [0.15, 0.2) is 30.5 Å². The topological polar surface area (TPSA) is 98.0 Å². The molecule has 0 aliphatic carbocycles. The molecule has 2 rings (SSSR count). The lowest BCUT2D eigenvalue weighted by molar-refractivity contribution is -0.387. The zero-order valence-corrected chi connectivity index (χ0v) is 10.5. The fourth-order valence-corrected chi connectivity index (χ4v) is 1.54. The Kier molecular flexibility index (Phi) is 3.85. The molecule has 1 aromatic carbocycles.